The van der Waals surface area contributed by atoms with Crippen LogP contribution < -0.4 is 4.72 Å². The number of nitrogens with one attached hydrogen (secondary N) is 1. The normalized spacial score (nSPS) is 11.2. The van der Waals surface area contributed by atoms with Crippen molar-refractivity contribution < 1.29 is 27.0 Å². The Bertz CT molecular complexity index is 803. The summed E-state index contributed by atoms with van der Waals surface area (Å²) in [4.78, 5) is 10.9. The third kappa shape index (κ3) is 3.22. The molecule has 0 spiro atoms. The van der Waals surface area contributed by atoms with Gasteiger partial charge in [0, 0.05) is 0 Å². The average Bonchev–Trinajstić information content (AvgIpc) is 2.84. The van der Waals surface area contributed by atoms with Gasteiger partial charge in [-0.05, 0) is 37.2 Å². The van der Waals surface area contributed by atoms with Crippen molar-refractivity contribution in [3.05, 3.63) is 35.3 Å². The number of nitrogens with zero attached hydrogens (tertiary/aromatic N) is 2. The van der Waals surface area contributed by atoms with Gasteiger partial charge in [0.2, 0.25) is 5.82 Å². The van der Waals surface area contributed by atoms with E-state index in [0.29, 0.717) is 0 Å². The summed E-state index contributed by atoms with van der Waals surface area (Å²) in [5, 5.41) is 6.76. The fourth-order valence-electron chi connectivity index (χ4n) is 1.56. The molecule has 0 unspecified atom stereocenters. The van der Waals surface area contributed by atoms with Crippen molar-refractivity contribution >= 4 is 21.8 Å². The molecule has 0 amide bonds. The lowest BCUT2D eigenvalue weighted by molar-refractivity contribution is 0.0526. The van der Waals surface area contributed by atoms with Crippen molar-refractivity contribution in [3.8, 4) is 0 Å². The first kappa shape index (κ1) is 15.9. The van der Waals surface area contributed by atoms with Gasteiger partial charge in [0.25, 0.3) is 10.0 Å². The molecule has 0 atom stereocenters. The first-order chi connectivity index (χ1) is 10.3. The lowest BCUT2D eigenvalue weighted by atomic mass is 10.2. The molecule has 0 bridgehead atoms. The number of aryl methyl sites for hydroxylation is 1. The molecule has 10 heteroatoms. The number of halogens is 1. The number of ether oxygens (including phenoxy) is 1. The number of aromatic nitrogens is 2. The lowest BCUT2D eigenvalue weighted by Crippen LogP contribution is -2.16. The quantitative estimate of drug-likeness (QED) is 0.827. The number of anilines is 1. The molecule has 22 heavy (non-hydrogen) atoms. The second kappa shape index (κ2) is 6.10. The molecule has 1 aromatic heterocycles. The van der Waals surface area contributed by atoms with Gasteiger partial charge in [-0.3, -0.25) is 4.72 Å². The highest BCUT2D eigenvalue weighted by atomic mass is 32.2. The monoisotopic (exact) mass is 329 g/mol. The Labute approximate surface area is 125 Å². The van der Waals surface area contributed by atoms with Gasteiger partial charge < -0.3 is 4.74 Å². The smallest absolute Gasteiger partial charge is 0.338 e. The van der Waals surface area contributed by atoms with Gasteiger partial charge in [-0.1, -0.05) is 5.16 Å². The van der Waals surface area contributed by atoms with Crippen molar-refractivity contribution in [1.82, 2.24) is 10.3 Å². The van der Waals surface area contributed by atoms with Gasteiger partial charge in [-0.15, -0.1) is 0 Å². The minimum Gasteiger partial charge on any atom is -0.462 e. The van der Waals surface area contributed by atoms with Gasteiger partial charge in [-0.25, -0.2) is 22.2 Å². The van der Waals surface area contributed by atoms with Crippen molar-refractivity contribution in [2.75, 3.05) is 11.3 Å². The zero-order valence-electron chi connectivity index (χ0n) is 11.7. The van der Waals surface area contributed by atoms with Crippen molar-refractivity contribution in [3.63, 3.8) is 0 Å². The van der Waals surface area contributed by atoms with Gasteiger partial charge in [-0.2, -0.15) is 0 Å². The highest BCUT2D eigenvalue weighted by Crippen LogP contribution is 2.21. The molecule has 0 aliphatic rings. The van der Waals surface area contributed by atoms with Crippen molar-refractivity contribution in [2.24, 2.45) is 0 Å². The van der Waals surface area contributed by atoms with Crippen LogP contribution >= 0.6 is 0 Å². The highest BCUT2D eigenvalue weighted by molar-refractivity contribution is 7.92. The Kier molecular flexibility index (Phi) is 4.40. The number of benzene rings is 1. The van der Waals surface area contributed by atoms with Crippen LogP contribution in [-0.2, 0) is 14.8 Å². The molecule has 1 heterocycles. The summed E-state index contributed by atoms with van der Waals surface area (Å²) in [7, 11) is -4.30. The van der Waals surface area contributed by atoms with Crippen LogP contribution in [-0.4, -0.2) is 31.3 Å². The van der Waals surface area contributed by atoms with E-state index in [4.69, 9.17) is 4.74 Å². The van der Waals surface area contributed by atoms with E-state index in [2.05, 4.69) is 14.9 Å². The maximum absolute atomic E-state index is 13.8. The van der Waals surface area contributed by atoms with Gasteiger partial charge in [0.05, 0.1) is 12.2 Å². The van der Waals surface area contributed by atoms with Gasteiger partial charge in [0.1, 0.15) is 16.4 Å². The molecule has 2 aromatic rings. The fourth-order valence-corrected chi connectivity index (χ4v) is 2.71. The topological polar surface area (TPSA) is 111 Å². The predicted octanol–water partition coefficient (Wildman–Crippen LogP) is 1.49. The number of sulfonamides is 1. The van der Waals surface area contributed by atoms with Crippen LogP contribution in [0.3, 0.4) is 0 Å². The summed E-state index contributed by atoms with van der Waals surface area (Å²) in [6.45, 7) is 3.17. The van der Waals surface area contributed by atoms with E-state index < -0.39 is 26.7 Å². The first-order valence-corrected chi connectivity index (χ1v) is 7.62. The molecule has 0 aliphatic heterocycles. The molecule has 0 saturated carbocycles. The second-order valence-electron chi connectivity index (χ2n) is 4.17. The van der Waals surface area contributed by atoms with Crippen molar-refractivity contribution in [2.45, 2.75) is 18.7 Å². The van der Waals surface area contributed by atoms with E-state index in [1.54, 1.807) is 6.92 Å². The molecule has 0 aliphatic carbocycles. The molecule has 8 nitrogen and oxygen atoms in total. The Balaban J connectivity index is 2.40. The number of carbonyl (C=O) groups is 1. The Morgan fingerprint density at radius 3 is 2.73 bits per heavy atom. The minimum atomic E-state index is -4.30. The number of carbonyl (C=O) groups excluding carboxylic acids is 1. The van der Waals surface area contributed by atoms with Crippen LogP contribution in [0, 0.1) is 12.7 Å². The predicted molar refractivity (Wildman–Crippen MR) is 72.2 cm³/mol. The molecule has 118 valence electrons. The van der Waals surface area contributed by atoms with Crippen LogP contribution in [0.2, 0.25) is 0 Å². The fraction of sp³-hybridized carbons (Fsp3) is 0.250. The SMILES string of the molecule is CCOC(=O)c1ccc(F)c(S(=O)(=O)Nc2nonc2C)c1. The summed E-state index contributed by atoms with van der Waals surface area (Å²) in [6, 6.07) is 2.89. The van der Waals surface area contributed by atoms with Crippen molar-refractivity contribution in [1.29, 1.82) is 0 Å². The van der Waals surface area contributed by atoms with Gasteiger partial charge in [0.15, 0.2) is 0 Å². The molecular weight excluding hydrogens is 317 g/mol. The van der Waals surface area contributed by atoms with Crippen LogP contribution in [0.1, 0.15) is 23.0 Å². The van der Waals surface area contributed by atoms with E-state index >= 15 is 0 Å². The Hall–Kier alpha value is -2.49. The van der Waals surface area contributed by atoms with E-state index in [1.165, 1.54) is 6.92 Å². The number of rotatable bonds is 5. The molecule has 2 rings (SSSR count). The summed E-state index contributed by atoms with van der Waals surface area (Å²) >= 11 is 0. The Morgan fingerprint density at radius 1 is 1.41 bits per heavy atom. The zero-order valence-corrected chi connectivity index (χ0v) is 12.5. The third-order valence-electron chi connectivity index (χ3n) is 2.62. The third-order valence-corrected chi connectivity index (χ3v) is 3.97. The average molecular weight is 329 g/mol. The van der Waals surface area contributed by atoms with Crippen LogP contribution in [0.5, 0.6) is 0 Å². The molecule has 0 fully saturated rings. The standard InChI is InChI=1S/C12H12FN3O5S/c1-3-20-12(17)8-4-5-9(13)10(6-8)22(18,19)16-11-7(2)14-21-15-11/h4-6H,3H2,1-2H3,(H,15,16). The minimum absolute atomic E-state index is 0.0846. The van der Waals surface area contributed by atoms with E-state index in [9.17, 15) is 17.6 Å². The molecule has 0 saturated heterocycles. The van der Waals surface area contributed by atoms with Gasteiger partial charge >= 0.3 is 5.97 Å². The van der Waals surface area contributed by atoms with Crippen LogP contribution in [0.4, 0.5) is 10.2 Å². The number of hydrogen-bond acceptors (Lipinski definition) is 7. The lowest BCUT2D eigenvalue weighted by Gasteiger charge is -2.08. The van der Waals surface area contributed by atoms with Crippen LogP contribution in [0.15, 0.2) is 27.7 Å². The van der Waals surface area contributed by atoms with E-state index in [0.717, 1.165) is 18.2 Å². The highest BCUT2D eigenvalue weighted by Gasteiger charge is 2.24. The van der Waals surface area contributed by atoms with Crippen LogP contribution in [0.25, 0.3) is 0 Å². The molecule has 1 aromatic carbocycles. The number of hydrogen-bond donors (Lipinski definition) is 1. The number of esters is 1. The maximum atomic E-state index is 13.8. The molecular formula is C12H12FN3O5S. The Morgan fingerprint density at radius 2 is 2.14 bits per heavy atom. The molecule has 0 radical (unpaired) electrons. The first-order valence-electron chi connectivity index (χ1n) is 6.13. The second-order valence-corrected chi connectivity index (χ2v) is 5.82. The zero-order chi connectivity index (χ0) is 16.3. The summed E-state index contributed by atoms with van der Waals surface area (Å²) < 4.78 is 49.3. The summed E-state index contributed by atoms with van der Waals surface area (Å²) in [5.41, 5.74) is 0.101. The van der Waals surface area contributed by atoms with E-state index in [1.807, 2.05) is 4.72 Å². The maximum Gasteiger partial charge on any atom is 0.338 e. The largest absolute Gasteiger partial charge is 0.462 e. The molecule has 1 N–H and O–H groups in total. The summed E-state index contributed by atoms with van der Waals surface area (Å²) in [6.07, 6.45) is 0. The van der Waals surface area contributed by atoms with E-state index in [-0.39, 0.29) is 23.7 Å². The summed E-state index contributed by atoms with van der Waals surface area (Å²) in [5.74, 6) is -1.94.